The third kappa shape index (κ3) is 8.02. The van der Waals surface area contributed by atoms with E-state index in [4.69, 9.17) is 14.2 Å². The van der Waals surface area contributed by atoms with Crippen molar-refractivity contribution in [1.82, 2.24) is 0 Å². The first-order valence-electron chi connectivity index (χ1n) is 10.8. The second kappa shape index (κ2) is 13.6. The van der Waals surface area contributed by atoms with Gasteiger partial charge in [-0.15, -0.1) is 0 Å². The number of aldehydes is 1. The molecule has 0 aliphatic carbocycles. The summed E-state index contributed by atoms with van der Waals surface area (Å²) in [6, 6.07) is 29.2. The maximum Gasteiger partial charge on any atom is 0.122 e. The van der Waals surface area contributed by atoms with E-state index in [0.29, 0.717) is 19.8 Å². The van der Waals surface area contributed by atoms with Crippen LogP contribution < -0.4 is 0 Å². The summed E-state index contributed by atoms with van der Waals surface area (Å²) in [5.41, 5.74) is 2.98. The quantitative estimate of drug-likeness (QED) is 0.383. The largest absolute Gasteiger partial charge is 0.388 e. The second-order valence-corrected chi connectivity index (χ2v) is 7.57. The molecule has 0 aliphatic rings. The van der Waals surface area contributed by atoms with Gasteiger partial charge in [-0.05, 0) is 16.7 Å². The Balaban J connectivity index is 1.65. The number of aliphatic hydroxyl groups is 1. The topological polar surface area (TPSA) is 65.0 Å². The van der Waals surface area contributed by atoms with Gasteiger partial charge in [0.15, 0.2) is 0 Å². The third-order valence-electron chi connectivity index (χ3n) is 5.07. The van der Waals surface area contributed by atoms with E-state index in [1.54, 1.807) is 0 Å². The van der Waals surface area contributed by atoms with Gasteiger partial charge in [0.05, 0.1) is 32.5 Å². The summed E-state index contributed by atoms with van der Waals surface area (Å²) in [7, 11) is 0. The Kier molecular flexibility index (Phi) is 10.1. The van der Waals surface area contributed by atoms with Crippen LogP contribution >= 0.6 is 0 Å². The molecule has 0 bridgehead atoms. The Morgan fingerprint density at radius 1 is 0.688 bits per heavy atom. The summed E-state index contributed by atoms with van der Waals surface area (Å²) in [6.07, 6.45) is -1.37. The summed E-state index contributed by atoms with van der Waals surface area (Å²) in [5.74, 6) is 0. The first-order chi connectivity index (χ1) is 15.8. The van der Waals surface area contributed by atoms with E-state index in [1.165, 1.54) is 0 Å². The van der Waals surface area contributed by atoms with Crippen LogP contribution in [0, 0.1) is 0 Å². The molecule has 5 nitrogen and oxygen atoms in total. The van der Waals surface area contributed by atoms with E-state index >= 15 is 0 Å². The van der Waals surface area contributed by atoms with Gasteiger partial charge in [-0.3, -0.25) is 0 Å². The lowest BCUT2D eigenvalue weighted by molar-refractivity contribution is -0.151. The molecular formula is C27H30O5. The molecule has 3 aromatic carbocycles. The van der Waals surface area contributed by atoms with Gasteiger partial charge in [0.2, 0.25) is 0 Å². The molecule has 32 heavy (non-hydrogen) atoms. The average Bonchev–Trinajstić information content (AvgIpc) is 2.84. The highest BCUT2D eigenvalue weighted by Gasteiger charge is 2.30. The smallest absolute Gasteiger partial charge is 0.122 e. The van der Waals surface area contributed by atoms with Crippen LogP contribution in [0.2, 0.25) is 0 Å². The van der Waals surface area contributed by atoms with Gasteiger partial charge >= 0.3 is 0 Å². The van der Waals surface area contributed by atoms with Crippen molar-refractivity contribution in [2.45, 2.75) is 44.6 Å². The van der Waals surface area contributed by atoms with Crippen LogP contribution in [0.25, 0.3) is 0 Å². The van der Waals surface area contributed by atoms with Crippen LogP contribution in [0.5, 0.6) is 0 Å². The van der Waals surface area contributed by atoms with Crippen LogP contribution in [0.3, 0.4) is 0 Å². The Bertz CT molecular complexity index is 886. The van der Waals surface area contributed by atoms with Gasteiger partial charge in [0.25, 0.3) is 0 Å². The first kappa shape index (κ1) is 23.8. The van der Waals surface area contributed by atoms with E-state index in [-0.39, 0.29) is 13.0 Å². The van der Waals surface area contributed by atoms with Crippen molar-refractivity contribution in [3.05, 3.63) is 108 Å². The highest BCUT2D eigenvalue weighted by molar-refractivity contribution is 5.50. The molecule has 3 atom stereocenters. The number of hydrogen-bond acceptors (Lipinski definition) is 5. The number of carbonyl (C=O) groups excluding carboxylic acids is 1. The Morgan fingerprint density at radius 3 is 1.66 bits per heavy atom. The summed E-state index contributed by atoms with van der Waals surface area (Å²) in [6.45, 7) is 1.07. The maximum atomic E-state index is 11.4. The van der Waals surface area contributed by atoms with E-state index in [1.807, 2.05) is 91.0 Å². The molecule has 0 unspecified atom stereocenters. The standard InChI is InChI=1S/C27H30O5/c28-17-16-26(31-19-23-12-6-2-7-13-23)27(32-20-24-14-8-3-9-15-24)25(29)21-30-18-22-10-4-1-5-11-22/h1-15,17,25-27,29H,16,18-21H2/t25-,26+,27+/m1/s1. The van der Waals surface area contributed by atoms with Crippen molar-refractivity contribution in [3.63, 3.8) is 0 Å². The van der Waals surface area contributed by atoms with E-state index in [0.717, 1.165) is 23.0 Å². The number of rotatable bonds is 14. The molecule has 0 spiro atoms. The minimum absolute atomic E-state index is 0.0679. The Morgan fingerprint density at radius 2 is 1.16 bits per heavy atom. The van der Waals surface area contributed by atoms with Gasteiger partial charge in [-0.25, -0.2) is 0 Å². The van der Waals surface area contributed by atoms with Gasteiger partial charge in [0.1, 0.15) is 18.5 Å². The van der Waals surface area contributed by atoms with Crippen LogP contribution in [-0.2, 0) is 38.8 Å². The summed E-state index contributed by atoms with van der Waals surface area (Å²) in [4.78, 5) is 11.4. The normalized spacial score (nSPS) is 13.9. The van der Waals surface area contributed by atoms with Gasteiger partial charge in [-0.2, -0.15) is 0 Å². The minimum Gasteiger partial charge on any atom is -0.388 e. The van der Waals surface area contributed by atoms with E-state index < -0.39 is 18.3 Å². The van der Waals surface area contributed by atoms with E-state index in [9.17, 15) is 9.90 Å². The number of carbonyl (C=O) groups is 1. The van der Waals surface area contributed by atoms with Gasteiger partial charge in [0, 0.05) is 6.42 Å². The highest BCUT2D eigenvalue weighted by atomic mass is 16.6. The van der Waals surface area contributed by atoms with Gasteiger partial charge in [-0.1, -0.05) is 91.0 Å². The maximum absolute atomic E-state index is 11.4. The van der Waals surface area contributed by atoms with Crippen LogP contribution in [-0.4, -0.2) is 36.3 Å². The summed E-state index contributed by atoms with van der Waals surface area (Å²) >= 11 is 0. The Labute approximate surface area is 189 Å². The summed E-state index contributed by atoms with van der Waals surface area (Å²) in [5, 5.41) is 10.9. The molecule has 5 heteroatoms. The van der Waals surface area contributed by atoms with Crippen molar-refractivity contribution < 1.29 is 24.1 Å². The van der Waals surface area contributed by atoms with Crippen molar-refractivity contribution in [1.29, 1.82) is 0 Å². The predicted octanol–water partition coefficient (Wildman–Crippen LogP) is 4.32. The molecule has 0 heterocycles. The van der Waals surface area contributed by atoms with Crippen LogP contribution in [0.4, 0.5) is 0 Å². The number of aliphatic hydroxyl groups excluding tert-OH is 1. The van der Waals surface area contributed by atoms with Crippen molar-refractivity contribution >= 4 is 6.29 Å². The molecule has 0 amide bonds. The van der Waals surface area contributed by atoms with Crippen LogP contribution in [0.1, 0.15) is 23.1 Å². The zero-order valence-electron chi connectivity index (χ0n) is 18.1. The predicted molar refractivity (Wildman–Crippen MR) is 123 cm³/mol. The molecule has 3 rings (SSSR count). The van der Waals surface area contributed by atoms with Crippen molar-refractivity contribution in [3.8, 4) is 0 Å². The monoisotopic (exact) mass is 434 g/mol. The van der Waals surface area contributed by atoms with E-state index in [2.05, 4.69) is 0 Å². The molecule has 0 radical (unpaired) electrons. The lowest BCUT2D eigenvalue weighted by atomic mass is 10.1. The van der Waals surface area contributed by atoms with Crippen molar-refractivity contribution in [2.75, 3.05) is 6.61 Å². The number of benzene rings is 3. The van der Waals surface area contributed by atoms with Gasteiger partial charge < -0.3 is 24.1 Å². The lowest BCUT2D eigenvalue weighted by Crippen LogP contribution is -2.43. The molecule has 0 fully saturated rings. The van der Waals surface area contributed by atoms with Crippen LogP contribution in [0.15, 0.2) is 91.0 Å². The molecule has 0 saturated heterocycles. The highest BCUT2D eigenvalue weighted by Crippen LogP contribution is 2.18. The third-order valence-corrected chi connectivity index (χ3v) is 5.07. The lowest BCUT2D eigenvalue weighted by Gasteiger charge is -2.30. The molecule has 3 aromatic rings. The zero-order valence-corrected chi connectivity index (χ0v) is 18.1. The molecular weight excluding hydrogens is 404 g/mol. The number of hydrogen-bond donors (Lipinski definition) is 1. The zero-order chi connectivity index (χ0) is 22.4. The SMILES string of the molecule is O=CC[C@H](OCc1ccccc1)[C@@H](OCc1ccccc1)[C@H](O)COCc1ccccc1. The number of ether oxygens (including phenoxy) is 3. The molecule has 168 valence electrons. The summed E-state index contributed by atoms with van der Waals surface area (Å²) < 4.78 is 17.8. The molecule has 0 aliphatic heterocycles. The fourth-order valence-electron chi connectivity index (χ4n) is 3.37. The fourth-order valence-corrected chi connectivity index (χ4v) is 3.37. The molecule has 1 N–H and O–H groups in total. The fraction of sp³-hybridized carbons (Fsp3) is 0.296. The minimum atomic E-state index is -0.955. The molecule has 0 saturated carbocycles. The Hall–Kier alpha value is -2.83. The first-order valence-corrected chi connectivity index (χ1v) is 10.8. The van der Waals surface area contributed by atoms with Crippen molar-refractivity contribution in [2.24, 2.45) is 0 Å². The average molecular weight is 435 g/mol. The molecule has 0 aromatic heterocycles. The second-order valence-electron chi connectivity index (χ2n) is 7.57.